The van der Waals surface area contributed by atoms with Crippen LogP contribution in [0.5, 0.6) is 0 Å². The predicted molar refractivity (Wildman–Crippen MR) is 85.3 cm³/mol. The molecule has 0 spiro atoms. The minimum absolute atomic E-state index is 0.0445. The Morgan fingerprint density at radius 1 is 1.28 bits per heavy atom. The Bertz CT molecular complexity index is 405. The van der Waals surface area contributed by atoms with Gasteiger partial charge in [-0.25, -0.2) is 0 Å². The predicted octanol–water partition coefficient (Wildman–Crippen LogP) is 4.30. The molecule has 1 fully saturated rings. The van der Waals surface area contributed by atoms with E-state index < -0.39 is 0 Å². The molecule has 1 aromatic rings. The smallest absolute Gasteiger partial charge is 0.0638 e. The van der Waals surface area contributed by atoms with Gasteiger partial charge < -0.3 is 10.4 Å². The van der Waals surface area contributed by atoms with Crippen molar-refractivity contribution in [2.75, 3.05) is 18.5 Å². The van der Waals surface area contributed by atoms with Crippen LogP contribution in [0.2, 0.25) is 5.02 Å². The van der Waals surface area contributed by atoms with Gasteiger partial charge in [0, 0.05) is 15.5 Å². The third kappa shape index (κ3) is 3.52. The zero-order valence-corrected chi connectivity index (χ0v) is 13.3. The highest BCUT2D eigenvalue weighted by atomic mass is 127. The van der Waals surface area contributed by atoms with E-state index in [2.05, 4.69) is 34.0 Å². The number of anilines is 1. The standard InChI is InChI=1S/C14H19ClINO/c15-12-5-4-11(16)8-13(12)17-9-14(10-18)6-2-1-3-7-14/h4-5,8,17-18H,1-3,6-7,9-10H2. The highest BCUT2D eigenvalue weighted by molar-refractivity contribution is 14.1. The Hall–Kier alpha value is -0.0000000000000000555. The molecule has 2 nitrogen and oxygen atoms in total. The first-order chi connectivity index (χ1) is 8.65. The Balaban J connectivity index is 2.03. The molecule has 0 atom stereocenters. The molecule has 1 aliphatic carbocycles. The average Bonchev–Trinajstić information content (AvgIpc) is 2.41. The van der Waals surface area contributed by atoms with Gasteiger partial charge in [-0.3, -0.25) is 0 Å². The minimum atomic E-state index is 0.0445. The molecule has 0 unspecified atom stereocenters. The molecule has 1 aliphatic rings. The first kappa shape index (κ1) is 14.4. The maximum Gasteiger partial charge on any atom is 0.0638 e. The summed E-state index contributed by atoms with van der Waals surface area (Å²) in [5.74, 6) is 0. The zero-order chi connectivity index (χ0) is 13.0. The minimum Gasteiger partial charge on any atom is -0.396 e. The van der Waals surface area contributed by atoms with Crippen molar-refractivity contribution in [2.45, 2.75) is 32.1 Å². The molecule has 4 heteroatoms. The van der Waals surface area contributed by atoms with Crippen LogP contribution < -0.4 is 5.32 Å². The summed E-state index contributed by atoms with van der Waals surface area (Å²) < 4.78 is 1.17. The van der Waals surface area contributed by atoms with Crippen molar-refractivity contribution in [3.8, 4) is 0 Å². The lowest BCUT2D eigenvalue weighted by molar-refractivity contribution is 0.0944. The molecule has 100 valence electrons. The third-order valence-electron chi connectivity index (χ3n) is 3.83. The van der Waals surface area contributed by atoms with E-state index in [-0.39, 0.29) is 12.0 Å². The summed E-state index contributed by atoms with van der Waals surface area (Å²) in [6.07, 6.45) is 5.96. The SMILES string of the molecule is OCC1(CNc2cc(I)ccc2Cl)CCCCC1. The molecule has 2 rings (SSSR count). The Labute approximate surface area is 127 Å². The van der Waals surface area contributed by atoms with Crippen LogP contribution in [0.25, 0.3) is 0 Å². The van der Waals surface area contributed by atoms with Crippen LogP contribution in [0.1, 0.15) is 32.1 Å². The van der Waals surface area contributed by atoms with Crippen molar-refractivity contribution >= 4 is 39.9 Å². The number of nitrogens with one attached hydrogen (secondary N) is 1. The summed E-state index contributed by atoms with van der Waals surface area (Å²) in [6.45, 7) is 1.07. The number of hydrogen-bond acceptors (Lipinski definition) is 2. The largest absolute Gasteiger partial charge is 0.396 e. The molecule has 1 aromatic carbocycles. The molecule has 0 saturated heterocycles. The van der Waals surface area contributed by atoms with Crippen LogP contribution in [-0.2, 0) is 0 Å². The first-order valence-corrected chi connectivity index (χ1v) is 7.91. The van der Waals surface area contributed by atoms with Gasteiger partial charge in [0.1, 0.15) is 0 Å². The zero-order valence-electron chi connectivity index (χ0n) is 10.4. The highest BCUT2D eigenvalue weighted by Gasteiger charge is 2.31. The number of benzene rings is 1. The summed E-state index contributed by atoms with van der Waals surface area (Å²) in [6, 6.07) is 5.96. The van der Waals surface area contributed by atoms with E-state index in [0.717, 1.165) is 30.1 Å². The van der Waals surface area contributed by atoms with Crippen molar-refractivity contribution in [1.29, 1.82) is 0 Å². The molecular weight excluding hydrogens is 361 g/mol. The van der Waals surface area contributed by atoms with E-state index >= 15 is 0 Å². The third-order valence-corrected chi connectivity index (χ3v) is 4.83. The molecule has 0 aliphatic heterocycles. The maximum atomic E-state index is 9.67. The fraction of sp³-hybridized carbons (Fsp3) is 0.571. The van der Waals surface area contributed by atoms with Gasteiger partial charge >= 0.3 is 0 Å². The molecule has 18 heavy (non-hydrogen) atoms. The van der Waals surface area contributed by atoms with E-state index in [4.69, 9.17) is 11.6 Å². The number of aliphatic hydroxyl groups excluding tert-OH is 1. The van der Waals surface area contributed by atoms with Gasteiger partial charge in [0.15, 0.2) is 0 Å². The summed E-state index contributed by atoms with van der Waals surface area (Å²) >= 11 is 8.46. The topological polar surface area (TPSA) is 32.3 Å². The van der Waals surface area contributed by atoms with Gasteiger partial charge in [0.05, 0.1) is 17.3 Å². The van der Waals surface area contributed by atoms with Crippen LogP contribution in [0.3, 0.4) is 0 Å². The normalized spacial score (nSPS) is 18.6. The van der Waals surface area contributed by atoms with Gasteiger partial charge in [-0.1, -0.05) is 30.9 Å². The summed E-state index contributed by atoms with van der Waals surface area (Å²) in [5.41, 5.74) is 1.02. The van der Waals surface area contributed by atoms with Crippen LogP contribution in [-0.4, -0.2) is 18.3 Å². The lowest BCUT2D eigenvalue weighted by atomic mass is 9.74. The lowest BCUT2D eigenvalue weighted by Gasteiger charge is -2.36. The van der Waals surface area contributed by atoms with E-state index in [1.807, 2.05) is 12.1 Å². The molecule has 2 N–H and O–H groups in total. The van der Waals surface area contributed by atoms with Gasteiger partial charge in [-0.15, -0.1) is 0 Å². The van der Waals surface area contributed by atoms with Crippen LogP contribution in [0.15, 0.2) is 18.2 Å². The monoisotopic (exact) mass is 379 g/mol. The van der Waals surface area contributed by atoms with E-state index in [1.54, 1.807) is 0 Å². The molecule has 1 saturated carbocycles. The molecule has 0 aromatic heterocycles. The van der Waals surface area contributed by atoms with Crippen molar-refractivity contribution in [3.63, 3.8) is 0 Å². The van der Waals surface area contributed by atoms with Gasteiger partial charge in [0.25, 0.3) is 0 Å². The van der Waals surface area contributed by atoms with Crippen LogP contribution >= 0.6 is 34.2 Å². The average molecular weight is 380 g/mol. The number of aliphatic hydroxyl groups is 1. The molecule has 0 amide bonds. The molecular formula is C14H19ClINO. The fourth-order valence-corrected chi connectivity index (χ4v) is 3.28. The number of halogens is 2. The molecule has 0 heterocycles. The van der Waals surface area contributed by atoms with Gasteiger partial charge in [-0.2, -0.15) is 0 Å². The maximum absolute atomic E-state index is 9.67. The fourth-order valence-electron chi connectivity index (χ4n) is 2.61. The van der Waals surface area contributed by atoms with Crippen molar-refractivity contribution in [1.82, 2.24) is 0 Å². The second kappa shape index (κ2) is 6.44. The first-order valence-electron chi connectivity index (χ1n) is 6.45. The highest BCUT2D eigenvalue weighted by Crippen LogP contribution is 2.36. The number of hydrogen-bond donors (Lipinski definition) is 2. The van der Waals surface area contributed by atoms with Crippen molar-refractivity contribution in [3.05, 3.63) is 26.8 Å². The van der Waals surface area contributed by atoms with E-state index in [0.29, 0.717) is 0 Å². The second-order valence-corrected chi connectivity index (χ2v) is 6.85. The van der Waals surface area contributed by atoms with Crippen molar-refractivity contribution < 1.29 is 5.11 Å². The Kier molecular flexibility index (Phi) is 5.15. The Morgan fingerprint density at radius 2 is 2.00 bits per heavy atom. The van der Waals surface area contributed by atoms with Crippen LogP contribution in [0, 0.1) is 8.99 Å². The Morgan fingerprint density at radius 3 is 2.67 bits per heavy atom. The number of rotatable bonds is 4. The van der Waals surface area contributed by atoms with E-state index in [1.165, 1.54) is 22.8 Å². The summed E-state index contributed by atoms with van der Waals surface area (Å²) in [7, 11) is 0. The van der Waals surface area contributed by atoms with Gasteiger partial charge in [0.2, 0.25) is 0 Å². The van der Waals surface area contributed by atoms with Crippen molar-refractivity contribution in [2.24, 2.45) is 5.41 Å². The molecule has 0 radical (unpaired) electrons. The lowest BCUT2D eigenvalue weighted by Crippen LogP contribution is -2.35. The van der Waals surface area contributed by atoms with Gasteiger partial charge in [-0.05, 0) is 53.6 Å². The summed E-state index contributed by atoms with van der Waals surface area (Å²) in [5, 5.41) is 13.8. The quantitative estimate of drug-likeness (QED) is 0.765. The summed E-state index contributed by atoms with van der Waals surface area (Å²) in [4.78, 5) is 0. The second-order valence-electron chi connectivity index (χ2n) is 5.20. The van der Waals surface area contributed by atoms with E-state index in [9.17, 15) is 5.11 Å². The molecule has 0 bridgehead atoms. The van der Waals surface area contributed by atoms with Crippen LogP contribution in [0.4, 0.5) is 5.69 Å².